The van der Waals surface area contributed by atoms with E-state index in [1.807, 2.05) is 18.2 Å². The highest BCUT2D eigenvalue weighted by molar-refractivity contribution is 6.35. The van der Waals surface area contributed by atoms with E-state index in [2.05, 4.69) is 44.7 Å². The number of para-hydroxylation sites is 1. The molecule has 2 aliphatic rings. The number of hydrogen-bond acceptors (Lipinski definition) is 5. The molecule has 2 heterocycles. The molecule has 2 N–H and O–H groups in total. The van der Waals surface area contributed by atoms with Crippen molar-refractivity contribution in [1.29, 1.82) is 0 Å². The maximum Gasteiger partial charge on any atom is 0.309 e. The van der Waals surface area contributed by atoms with Gasteiger partial charge in [0.2, 0.25) is 0 Å². The molecule has 1 aliphatic heterocycles. The highest BCUT2D eigenvalue weighted by atomic mass is 16.3. The number of nitrogens with zero attached hydrogens (tertiary/aromatic N) is 2. The standard InChI is InChI=1S/C24H32N4O3/c29-23(24(30)26-19-8-3-1-4-9-19)25-18-21(22-12-7-17-31-22)28-15-13-27(14-16-28)20-10-5-2-6-11-20/h2,5-7,10-12,17,19,21H,1,3-4,8-9,13-16,18H2,(H,25,29)(H,26,30)/t21-/m0/s1. The second-order valence-corrected chi connectivity index (χ2v) is 8.41. The van der Waals surface area contributed by atoms with Crippen molar-refractivity contribution < 1.29 is 14.0 Å². The minimum Gasteiger partial charge on any atom is -0.468 e. The first-order valence-electron chi connectivity index (χ1n) is 11.4. The van der Waals surface area contributed by atoms with Gasteiger partial charge in [-0.05, 0) is 37.1 Å². The lowest BCUT2D eigenvalue weighted by atomic mass is 9.95. The predicted octanol–water partition coefficient (Wildman–Crippen LogP) is 2.71. The van der Waals surface area contributed by atoms with Gasteiger partial charge in [-0.3, -0.25) is 14.5 Å². The molecule has 4 rings (SSSR count). The van der Waals surface area contributed by atoms with Gasteiger partial charge in [-0.25, -0.2) is 0 Å². The highest BCUT2D eigenvalue weighted by Crippen LogP contribution is 2.24. The van der Waals surface area contributed by atoms with Crippen LogP contribution in [0.4, 0.5) is 5.69 Å². The number of furan rings is 1. The van der Waals surface area contributed by atoms with Gasteiger partial charge in [0.25, 0.3) is 0 Å². The Hall–Kier alpha value is -2.80. The number of nitrogens with one attached hydrogen (secondary N) is 2. The van der Waals surface area contributed by atoms with Gasteiger partial charge < -0.3 is 20.0 Å². The summed E-state index contributed by atoms with van der Waals surface area (Å²) in [5.74, 6) is -0.287. The molecule has 2 fully saturated rings. The van der Waals surface area contributed by atoms with Crippen molar-refractivity contribution >= 4 is 17.5 Å². The maximum absolute atomic E-state index is 12.4. The van der Waals surface area contributed by atoms with Gasteiger partial charge in [0.1, 0.15) is 5.76 Å². The summed E-state index contributed by atoms with van der Waals surface area (Å²) in [6.07, 6.45) is 7.00. The lowest BCUT2D eigenvalue weighted by molar-refractivity contribution is -0.139. The molecule has 0 bridgehead atoms. The Labute approximate surface area is 183 Å². The Morgan fingerprint density at radius 1 is 0.935 bits per heavy atom. The second kappa shape index (κ2) is 10.5. The SMILES string of the molecule is O=C(NC[C@@H](c1ccco1)N1CCN(c2ccccc2)CC1)C(=O)NC1CCCCC1. The smallest absolute Gasteiger partial charge is 0.309 e. The van der Waals surface area contributed by atoms with Crippen molar-refractivity contribution in [3.05, 3.63) is 54.5 Å². The van der Waals surface area contributed by atoms with Crippen molar-refractivity contribution in [1.82, 2.24) is 15.5 Å². The number of hydrogen-bond donors (Lipinski definition) is 2. The van der Waals surface area contributed by atoms with Crippen LogP contribution < -0.4 is 15.5 Å². The van der Waals surface area contributed by atoms with Crippen molar-refractivity contribution in [3.8, 4) is 0 Å². The second-order valence-electron chi connectivity index (χ2n) is 8.41. The van der Waals surface area contributed by atoms with Crippen LogP contribution in [0.2, 0.25) is 0 Å². The van der Waals surface area contributed by atoms with E-state index >= 15 is 0 Å². The first-order chi connectivity index (χ1) is 15.2. The third kappa shape index (κ3) is 5.67. The van der Waals surface area contributed by atoms with Gasteiger partial charge >= 0.3 is 11.8 Å². The average Bonchev–Trinajstić information content (AvgIpc) is 3.35. The topological polar surface area (TPSA) is 77.8 Å². The fourth-order valence-electron chi connectivity index (χ4n) is 4.59. The van der Waals surface area contributed by atoms with Crippen molar-refractivity contribution in [2.45, 2.75) is 44.2 Å². The minimum absolute atomic E-state index is 0.0978. The van der Waals surface area contributed by atoms with E-state index in [0.717, 1.165) is 57.6 Å². The van der Waals surface area contributed by atoms with Crippen LogP contribution in [0, 0.1) is 0 Å². The zero-order valence-corrected chi connectivity index (χ0v) is 18.0. The molecule has 0 spiro atoms. The van der Waals surface area contributed by atoms with Gasteiger partial charge in [-0.2, -0.15) is 0 Å². The summed E-state index contributed by atoms with van der Waals surface area (Å²) in [5.41, 5.74) is 1.23. The van der Waals surface area contributed by atoms with Crippen molar-refractivity contribution in [3.63, 3.8) is 0 Å². The number of piperazine rings is 1. The largest absolute Gasteiger partial charge is 0.468 e. The summed E-state index contributed by atoms with van der Waals surface area (Å²) in [6.45, 7) is 3.85. The van der Waals surface area contributed by atoms with Gasteiger partial charge in [0.05, 0.1) is 12.3 Å². The Kier molecular flexibility index (Phi) is 7.25. The van der Waals surface area contributed by atoms with E-state index in [1.54, 1.807) is 6.26 Å². The molecular formula is C24H32N4O3. The van der Waals surface area contributed by atoms with E-state index < -0.39 is 11.8 Å². The number of amides is 2. The van der Waals surface area contributed by atoms with Crippen LogP contribution in [-0.2, 0) is 9.59 Å². The lowest BCUT2D eigenvalue weighted by Crippen LogP contribution is -2.51. The van der Waals surface area contributed by atoms with Crippen LogP contribution >= 0.6 is 0 Å². The summed E-state index contributed by atoms with van der Waals surface area (Å²) in [4.78, 5) is 29.4. The molecule has 1 aromatic heterocycles. The normalized spacial score (nSPS) is 19.0. The monoisotopic (exact) mass is 424 g/mol. The third-order valence-corrected chi connectivity index (χ3v) is 6.35. The minimum atomic E-state index is -0.565. The van der Waals surface area contributed by atoms with E-state index in [1.165, 1.54) is 12.1 Å². The molecule has 31 heavy (non-hydrogen) atoms. The molecule has 2 amide bonds. The van der Waals surface area contributed by atoms with E-state index in [4.69, 9.17) is 4.42 Å². The number of anilines is 1. The Morgan fingerprint density at radius 2 is 1.68 bits per heavy atom. The maximum atomic E-state index is 12.4. The number of carbonyl (C=O) groups is 2. The molecular weight excluding hydrogens is 392 g/mol. The molecule has 7 nitrogen and oxygen atoms in total. The van der Waals surface area contributed by atoms with Gasteiger partial charge in [-0.1, -0.05) is 37.5 Å². The average molecular weight is 425 g/mol. The summed E-state index contributed by atoms with van der Waals surface area (Å²) in [5, 5.41) is 5.72. The van der Waals surface area contributed by atoms with E-state index in [-0.39, 0.29) is 12.1 Å². The molecule has 1 aliphatic carbocycles. The Bertz CT molecular complexity index is 826. The fraction of sp³-hybridized carbons (Fsp3) is 0.500. The lowest BCUT2D eigenvalue weighted by Gasteiger charge is -2.39. The van der Waals surface area contributed by atoms with Crippen LogP contribution in [-0.4, -0.2) is 55.5 Å². The molecule has 1 saturated carbocycles. The van der Waals surface area contributed by atoms with Gasteiger partial charge in [0.15, 0.2) is 0 Å². The van der Waals surface area contributed by atoms with Crippen LogP contribution in [0.15, 0.2) is 53.1 Å². The van der Waals surface area contributed by atoms with E-state index in [0.29, 0.717) is 6.54 Å². The molecule has 1 atom stereocenters. The fourth-order valence-corrected chi connectivity index (χ4v) is 4.59. The molecule has 1 saturated heterocycles. The van der Waals surface area contributed by atoms with Crippen molar-refractivity contribution in [2.75, 3.05) is 37.6 Å². The van der Waals surface area contributed by atoms with Crippen molar-refractivity contribution in [2.24, 2.45) is 0 Å². The molecule has 0 radical (unpaired) electrons. The quantitative estimate of drug-likeness (QED) is 0.698. The Morgan fingerprint density at radius 3 is 2.35 bits per heavy atom. The number of carbonyl (C=O) groups excluding carboxylic acids is 2. The first-order valence-corrected chi connectivity index (χ1v) is 11.4. The molecule has 1 aromatic carbocycles. The molecule has 2 aromatic rings. The van der Waals surface area contributed by atoms with Crippen LogP contribution in [0.25, 0.3) is 0 Å². The number of rotatable bonds is 6. The summed E-state index contributed by atoms with van der Waals surface area (Å²) >= 11 is 0. The summed E-state index contributed by atoms with van der Waals surface area (Å²) < 4.78 is 5.67. The van der Waals surface area contributed by atoms with Crippen LogP contribution in [0.1, 0.15) is 43.9 Å². The predicted molar refractivity (Wildman–Crippen MR) is 120 cm³/mol. The zero-order chi connectivity index (χ0) is 21.5. The number of benzene rings is 1. The summed E-state index contributed by atoms with van der Waals surface area (Å²) in [7, 11) is 0. The third-order valence-electron chi connectivity index (χ3n) is 6.35. The zero-order valence-electron chi connectivity index (χ0n) is 18.0. The molecule has 166 valence electrons. The highest BCUT2D eigenvalue weighted by Gasteiger charge is 2.28. The van der Waals surface area contributed by atoms with Crippen LogP contribution in [0.5, 0.6) is 0 Å². The molecule has 7 heteroatoms. The van der Waals surface area contributed by atoms with Gasteiger partial charge in [0, 0.05) is 44.5 Å². The van der Waals surface area contributed by atoms with E-state index in [9.17, 15) is 9.59 Å². The first kappa shape index (κ1) is 21.4. The van der Waals surface area contributed by atoms with Gasteiger partial charge in [-0.15, -0.1) is 0 Å². The van der Waals surface area contributed by atoms with Crippen LogP contribution in [0.3, 0.4) is 0 Å². The summed E-state index contributed by atoms with van der Waals surface area (Å²) in [6, 6.07) is 14.2. The molecule has 0 unspecified atom stereocenters. The Balaban J connectivity index is 1.32.